The highest BCUT2D eigenvalue weighted by Crippen LogP contribution is 2.29. The molecule has 1 N–H and O–H groups in total. The quantitative estimate of drug-likeness (QED) is 0.362. The zero-order valence-corrected chi connectivity index (χ0v) is 19.8. The molecule has 0 radical (unpaired) electrons. The predicted molar refractivity (Wildman–Crippen MR) is 130 cm³/mol. The summed E-state index contributed by atoms with van der Waals surface area (Å²) in [6.07, 6.45) is 4.46. The van der Waals surface area contributed by atoms with Crippen molar-refractivity contribution in [3.8, 4) is 22.6 Å². The number of aromatic nitrogens is 5. The van der Waals surface area contributed by atoms with Gasteiger partial charge in [0.2, 0.25) is 5.91 Å². The Kier molecular flexibility index (Phi) is 6.96. The Hall–Kier alpha value is -3.04. The molecule has 0 saturated carbocycles. The number of carbonyl (C=O) groups excluding carboxylic acids is 1. The molecule has 0 spiro atoms. The predicted octanol–water partition coefficient (Wildman–Crippen LogP) is 5.17. The van der Waals surface area contributed by atoms with E-state index < -0.39 is 0 Å². The number of hydrogen-bond acceptors (Lipinski definition) is 7. The Bertz CT molecular complexity index is 1190. The number of hydrogen-bond donors (Lipinski definition) is 1. The van der Waals surface area contributed by atoms with Crippen LogP contribution in [0.2, 0.25) is 0 Å². The van der Waals surface area contributed by atoms with Crippen LogP contribution in [0.25, 0.3) is 22.6 Å². The number of carbonyl (C=O) groups is 1. The molecule has 1 atom stereocenters. The van der Waals surface area contributed by atoms with Crippen LogP contribution in [0.1, 0.15) is 26.3 Å². The maximum absolute atomic E-state index is 12.8. The fourth-order valence-electron chi connectivity index (χ4n) is 3.17. The topological polar surface area (TPSA) is 85.6 Å². The average molecular weight is 465 g/mol. The number of anilines is 1. The van der Waals surface area contributed by atoms with Crippen molar-refractivity contribution in [1.82, 2.24) is 24.7 Å². The van der Waals surface area contributed by atoms with Gasteiger partial charge in [-0.1, -0.05) is 43.0 Å². The van der Waals surface area contributed by atoms with Crippen LogP contribution in [0.3, 0.4) is 0 Å². The van der Waals surface area contributed by atoms with Crippen molar-refractivity contribution < 1.29 is 4.79 Å². The highest BCUT2D eigenvalue weighted by Gasteiger charge is 2.21. The number of rotatable bonds is 8. The van der Waals surface area contributed by atoms with Crippen LogP contribution in [0.4, 0.5) is 5.13 Å². The van der Waals surface area contributed by atoms with Crippen molar-refractivity contribution in [2.45, 2.75) is 44.1 Å². The second kappa shape index (κ2) is 10.1. The molecule has 164 valence electrons. The summed E-state index contributed by atoms with van der Waals surface area (Å²) in [7, 11) is 0. The molecule has 0 fully saturated rings. The van der Waals surface area contributed by atoms with Gasteiger partial charge in [-0.15, -0.1) is 21.5 Å². The number of thioether (sulfide) groups is 1. The summed E-state index contributed by atoms with van der Waals surface area (Å²) in [5, 5.41) is 14.5. The molecule has 0 bridgehead atoms. The summed E-state index contributed by atoms with van der Waals surface area (Å²) in [6, 6.07) is 12.1. The van der Waals surface area contributed by atoms with Gasteiger partial charge >= 0.3 is 0 Å². The summed E-state index contributed by atoms with van der Waals surface area (Å²) in [4.78, 5) is 21.4. The van der Waals surface area contributed by atoms with Crippen LogP contribution in [-0.4, -0.2) is 35.9 Å². The molecule has 1 aromatic carbocycles. The van der Waals surface area contributed by atoms with Gasteiger partial charge in [-0.2, -0.15) is 0 Å². The van der Waals surface area contributed by atoms with Gasteiger partial charge in [-0.25, -0.2) is 4.98 Å². The Morgan fingerprint density at radius 2 is 1.84 bits per heavy atom. The van der Waals surface area contributed by atoms with Crippen molar-refractivity contribution in [3.63, 3.8) is 0 Å². The molecule has 0 unspecified atom stereocenters. The van der Waals surface area contributed by atoms with E-state index in [2.05, 4.69) is 56.7 Å². The Morgan fingerprint density at radius 3 is 2.53 bits per heavy atom. The molecule has 9 heteroatoms. The Balaban J connectivity index is 1.43. The number of thiazole rings is 1. The van der Waals surface area contributed by atoms with Crippen molar-refractivity contribution in [2.24, 2.45) is 0 Å². The molecule has 4 rings (SSSR count). The minimum Gasteiger partial charge on any atom is -0.302 e. The van der Waals surface area contributed by atoms with E-state index in [4.69, 9.17) is 0 Å². The largest absolute Gasteiger partial charge is 0.302 e. The van der Waals surface area contributed by atoms with Crippen LogP contribution in [0.5, 0.6) is 0 Å². The lowest BCUT2D eigenvalue weighted by molar-refractivity contribution is -0.115. The smallest absolute Gasteiger partial charge is 0.239 e. The van der Waals surface area contributed by atoms with Gasteiger partial charge < -0.3 is 9.88 Å². The number of benzene rings is 1. The Labute approximate surface area is 195 Å². The molecule has 3 aromatic heterocycles. The van der Waals surface area contributed by atoms with Crippen LogP contribution < -0.4 is 5.32 Å². The van der Waals surface area contributed by atoms with Crippen molar-refractivity contribution >= 4 is 34.1 Å². The van der Waals surface area contributed by atoms with Crippen molar-refractivity contribution in [1.29, 1.82) is 0 Å². The lowest BCUT2D eigenvalue weighted by Gasteiger charge is -2.11. The van der Waals surface area contributed by atoms with Crippen molar-refractivity contribution in [2.75, 3.05) is 5.32 Å². The molecule has 7 nitrogen and oxygen atoms in total. The third kappa shape index (κ3) is 4.89. The molecule has 0 aliphatic carbocycles. The number of nitrogens with zero attached hydrogens (tertiary/aromatic N) is 5. The zero-order valence-electron chi connectivity index (χ0n) is 18.1. The Morgan fingerprint density at radius 1 is 1.09 bits per heavy atom. The number of aryl methyl sites for hydroxylation is 1. The van der Waals surface area contributed by atoms with Crippen LogP contribution in [0, 0.1) is 0 Å². The fraction of sp³-hybridized carbons (Fsp3) is 0.261. The highest BCUT2D eigenvalue weighted by atomic mass is 32.2. The summed E-state index contributed by atoms with van der Waals surface area (Å²) in [5.41, 5.74) is 4.14. The number of amides is 1. The maximum atomic E-state index is 12.8. The van der Waals surface area contributed by atoms with Crippen LogP contribution in [-0.2, 0) is 17.8 Å². The van der Waals surface area contributed by atoms with E-state index in [0.29, 0.717) is 16.8 Å². The highest BCUT2D eigenvalue weighted by molar-refractivity contribution is 8.00. The number of nitrogens with one attached hydrogen (secondary N) is 1. The van der Waals surface area contributed by atoms with Crippen LogP contribution in [0.15, 0.2) is 59.3 Å². The fourth-order valence-corrected chi connectivity index (χ4v) is 4.80. The van der Waals surface area contributed by atoms with Crippen LogP contribution >= 0.6 is 23.1 Å². The molecule has 32 heavy (non-hydrogen) atoms. The minimum absolute atomic E-state index is 0.117. The van der Waals surface area contributed by atoms with Gasteiger partial charge in [0.05, 0.1) is 10.9 Å². The third-order valence-corrected chi connectivity index (χ3v) is 6.85. The molecule has 0 aliphatic heterocycles. The van der Waals surface area contributed by atoms with E-state index in [1.54, 1.807) is 12.4 Å². The molecule has 0 saturated heterocycles. The normalized spacial score (nSPS) is 12.0. The van der Waals surface area contributed by atoms with E-state index in [0.717, 1.165) is 29.1 Å². The molecular formula is C23H24N6OS2. The monoisotopic (exact) mass is 464 g/mol. The molecule has 3 heterocycles. The van der Waals surface area contributed by atoms with Crippen molar-refractivity contribution in [3.05, 3.63) is 59.7 Å². The van der Waals surface area contributed by atoms with Gasteiger partial charge in [0.15, 0.2) is 16.1 Å². The lowest BCUT2D eigenvalue weighted by atomic mass is 10.1. The van der Waals surface area contributed by atoms with Gasteiger partial charge in [0, 0.05) is 35.4 Å². The van der Waals surface area contributed by atoms with Gasteiger partial charge in [-0.05, 0) is 38.0 Å². The van der Waals surface area contributed by atoms with E-state index in [1.807, 2.05) is 35.9 Å². The summed E-state index contributed by atoms with van der Waals surface area (Å²) in [6.45, 7) is 6.73. The van der Waals surface area contributed by atoms with E-state index in [-0.39, 0.29) is 11.2 Å². The van der Waals surface area contributed by atoms with Gasteiger partial charge in [0.1, 0.15) is 0 Å². The van der Waals surface area contributed by atoms with E-state index >= 15 is 0 Å². The first kappa shape index (κ1) is 22.2. The average Bonchev–Trinajstić information content (AvgIpc) is 3.46. The molecular weight excluding hydrogens is 440 g/mol. The molecule has 4 aromatic rings. The second-order valence-corrected chi connectivity index (χ2v) is 9.29. The molecule has 0 aliphatic rings. The first-order valence-electron chi connectivity index (χ1n) is 10.4. The first-order valence-corrected chi connectivity index (χ1v) is 12.2. The standard InChI is InChI=1S/C23H24N6OS2/c1-4-16-6-8-17(9-7-16)19-14-31-22(25-19)26-21(30)15(3)32-23-28-27-20(29(23)5-2)18-10-12-24-13-11-18/h6-15H,4-5H2,1-3H3,(H,25,26,30)/t15-/m1/s1. The summed E-state index contributed by atoms with van der Waals surface area (Å²) < 4.78 is 2.01. The number of pyridine rings is 1. The van der Waals surface area contributed by atoms with E-state index in [1.165, 1.54) is 28.7 Å². The summed E-state index contributed by atoms with van der Waals surface area (Å²) >= 11 is 2.81. The lowest BCUT2D eigenvalue weighted by Crippen LogP contribution is -2.22. The van der Waals surface area contributed by atoms with E-state index in [9.17, 15) is 4.79 Å². The summed E-state index contributed by atoms with van der Waals surface area (Å²) in [5.74, 6) is 0.650. The van der Waals surface area contributed by atoms with Gasteiger partial charge in [-0.3, -0.25) is 9.78 Å². The molecule has 1 amide bonds. The third-order valence-electron chi connectivity index (χ3n) is 5.02. The second-order valence-electron chi connectivity index (χ2n) is 7.12. The van der Waals surface area contributed by atoms with Gasteiger partial charge in [0.25, 0.3) is 0 Å². The zero-order chi connectivity index (χ0) is 22.5. The SMILES string of the molecule is CCc1ccc(-c2csc(NC(=O)[C@@H](C)Sc3nnc(-c4ccncc4)n3CC)n2)cc1. The maximum Gasteiger partial charge on any atom is 0.239 e. The first-order chi connectivity index (χ1) is 15.6. The minimum atomic E-state index is -0.356.